The number of pyridine rings is 1. The molecule has 0 aliphatic heterocycles. The van der Waals surface area contributed by atoms with E-state index in [1.165, 1.54) is 33.4 Å². The minimum atomic E-state index is 0. The molecule has 0 aliphatic carbocycles. The van der Waals surface area contributed by atoms with Crippen LogP contribution in [0.3, 0.4) is 0 Å². The van der Waals surface area contributed by atoms with E-state index < -0.39 is 0 Å². The third-order valence-corrected chi connectivity index (χ3v) is 10.8. The number of ether oxygens (including phenoxy) is 1. The van der Waals surface area contributed by atoms with Crippen LogP contribution >= 0.6 is 0 Å². The van der Waals surface area contributed by atoms with E-state index in [0.29, 0.717) is 28.4 Å². The van der Waals surface area contributed by atoms with E-state index in [9.17, 15) is 5.26 Å². The van der Waals surface area contributed by atoms with Crippen molar-refractivity contribution in [2.75, 3.05) is 0 Å². The van der Waals surface area contributed by atoms with Crippen molar-refractivity contribution in [2.24, 2.45) is 0 Å². The van der Waals surface area contributed by atoms with Gasteiger partial charge in [-0.1, -0.05) is 118 Å². The van der Waals surface area contributed by atoms with Gasteiger partial charge in [0.2, 0.25) is 5.88 Å². The maximum atomic E-state index is 9.53. The molecule has 7 aromatic carbocycles. The van der Waals surface area contributed by atoms with E-state index in [1.807, 2.05) is 60.7 Å². The van der Waals surface area contributed by atoms with Gasteiger partial charge in [0.1, 0.15) is 5.58 Å². The van der Waals surface area contributed by atoms with Gasteiger partial charge in [0, 0.05) is 49.2 Å². The Balaban J connectivity index is 0.000000323. The number of para-hydroxylation sites is 3. The molecule has 6 nitrogen and oxygen atoms in total. The van der Waals surface area contributed by atoms with Crippen LogP contribution in [0.2, 0.25) is 0 Å². The summed E-state index contributed by atoms with van der Waals surface area (Å²) in [6.07, 6.45) is 1.69. The summed E-state index contributed by atoms with van der Waals surface area (Å²) in [5, 5.41) is 11.5. The predicted molar refractivity (Wildman–Crippen MR) is 246 cm³/mol. The van der Waals surface area contributed by atoms with Gasteiger partial charge < -0.3 is 13.7 Å². The zero-order valence-corrected chi connectivity index (χ0v) is 37.2. The van der Waals surface area contributed by atoms with Gasteiger partial charge in [0.25, 0.3) is 0 Å². The van der Waals surface area contributed by atoms with Crippen molar-refractivity contribution in [3.8, 4) is 57.0 Å². The number of hydrogen-bond acceptors (Lipinski definition) is 5. The smallest absolute Gasteiger partial charge is 0.216 e. The van der Waals surface area contributed by atoms with Crippen molar-refractivity contribution < 1.29 is 29.3 Å². The average Bonchev–Trinajstić information content (AvgIpc) is 3.88. The molecule has 0 saturated heterocycles. The molecule has 0 aliphatic rings. The van der Waals surface area contributed by atoms with Crippen LogP contribution in [0.4, 0.5) is 0 Å². The van der Waals surface area contributed by atoms with Gasteiger partial charge in [-0.15, -0.1) is 30.3 Å². The number of fused-ring (bicyclic) bond motifs is 4. The molecular formula is C55H42IrN4O2-2. The van der Waals surface area contributed by atoms with E-state index >= 15 is 0 Å². The summed E-state index contributed by atoms with van der Waals surface area (Å²) in [6, 6.07) is 63.7. The normalized spacial score (nSPS) is 11.0. The molecule has 3 heterocycles. The number of furan rings is 1. The molecule has 0 saturated carbocycles. The molecule has 305 valence electrons. The van der Waals surface area contributed by atoms with Gasteiger partial charge in [-0.05, 0) is 87.7 Å². The number of imidazole rings is 1. The number of hydrogen-bond donors (Lipinski definition) is 0. The molecule has 0 bridgehead atoms. The van der Waals surface area contributed by atoms with Gasteiger partial charge in [0.15, 0.2) is 0 Å². The fraction of sp³-hybridized carbons (Fsp3) is 0.109. The van der Waals surface area contributed by atoms with Crippen LogP contribution in [0.5, 0.6) is 11.6 Å². The molecule has 3 aromatic heterocycles. The summed E-state index contributed by atoms with van der Waals surface area (Å²) in [4.78, 5) is 9.28. The first-order valence-electron chi connectivity index (χ1n) is 20.5. The molecule has 0 unspecified atom stereocenters. The molecule has 10 rings (SSSR count). The van der Waals surface area contributed by atoms with Gasteiger partial charge in [-0.2, -0.15) is 23.5 Å². The minimum Gasteiger partial charge on any atom is -0.500 e. The summed E-state index contributed by atoms with van der Waals surface area (Å²) >= 11 is 0. The van der Waals surface area contributed by atoms with Crippen LogP contribution in [0, 0.1) is 23.5 Å². The van der Waals surface area contributed by atoms with Crippen LogP contribution in [0.15, 0.2) is 174 Å². The van der Waals surface area contributed by atoms with Crippen molar-refractivity contribution in [1.82, 2.24) is 14.5 Å². The zero-order chi connectivity index (χ0) is 41.9. The molecule has 0 fully saturated rings. The minimum absolute atomic E-state index is 0. The molecule has 0 amide bonds. The summed E-state index contributed by atoms with van der Waals surface area (Å²) in [5.41, 5.74) is 13.2. The molecule has 0 atom stereocenters. The average molecular weight is 983 g/mol. The number of nitrogens with zero attached hydrogens (tertiary/aromatic N) is 4. The van der Waals surface area contributed by atoms with Gasteiger partial charge >= 0.3 is 0 Å². The first-order chi connectivity index (χ1) is 29.9. The Kier molecular flexibility index (Phi) is 12.3. The van der Waals surface area contributed by atoms with Crippen LogP contribution < -0.4 is 4.74 Å². The number of benzene rings is 7. The van der Waals surface area contributed by atoms with Crippen LogP contribution in [0.25, 0.3) is 72.3 Å². The second-order valence-electron chi connectivity index (χ2n) is 15.5. The number of rotatable bonds is 8. The summed E-state index contributed by atoms with van der Waals surface area (Å²) in [7, 11) is 0. The number of aromatic nitrogens is 3. The van der Waals surface area contributed by atoms with Crippen LogP contribution in [0.1, 0.15) is 56.2 Å². The molecule has 1 radical (unpaired) electrons. The van der Waals surface area contributed by atoms with Crippen molar-refractivity contribution in [3.63, 3.8) is 0 Å². The Morgan fingerprint density at radius 3 is 2.00 bits per heavy atom. The molecule has 7 heteroatoms. The first kappa shape index (κ1) is 41.6. The predicted octanol–water partition coefficient (Wildman–Crippen LogP) is 14.5. The Morgan fingerprint density at radius 2 is 1.32 bits per heavy atom. The fourth-order valence-electron chi connectivity index (χ4n) is 7.83. The largest absolute Gasteiger partial charge is 0.500 e. The summed E-state index contributed by atoms with van der Waals surface area (Å²) < 4.78 is 14.2. The molecular weight excluding hydrogens is 941 g/mol. The van der Waals surface area contributed by atoms with Crippen molar-refractivity contribution in [2.45, 2.75) is 39.5 Å². The van der Waals surface area contributed by atoms with Crippen LogP contribution in [-0.4, -0.2) is 14.5 Å². The summed E-state index contributed by atoms with van der Waals surface area (Å²) in [5.74, 6) is 2.53. The SMILES string of the molecule is CC(C)c1cc(-c2ccc(-c3ccccc3)cc2)cc(C(C)C)c1-n1c(-c2[c-]ccc3c2oc2cc(C#N)ccc23)nc2ccccc21.[Ir].[c-]1ccccc1Oc1ccccn1. The standard InChI is InChI=1S/C44H34N3O.C11H8NO.Ir/c1-27(2)37-24-33(32-20-18-31(19-21-32)30-11-6-5-7-12-30)25-38(28(3)4)42(37)47-40-16-9-8-15-39(40)46-44(47)36-14-10-13-35-34-22-17-29(26-45)23-41(34)48-43(35)36;1-2-6-10(7-3-1)13-11-8-4-5-9-12-11;/h5-13,15-25,27-28H,1-4H3;1-6,8-9H;/q2*-1;. The number of nitriles is 1. The topological polar surface area (TPSA) is 76.9 Å². The maximum Gasteiger partial charge on any atom is 0.216 e. The Bertz CT molecular complexity index is 3100. The van der Waals surface area contributed by atoms with E-state index in [4.69, 9.17) is 14.1 Å². The summed E-state index contributed by atoms with van der Waals surface area (Å²) in [6.45, 7) is 9.07. The van der Waals surface area contributed by atoms with Crippen LogP contribution in [-0.2, 0) is 20.1 Å². The van der Waals surface area contributed by atoms with Gasteiger partial charge in [-0.3, -0.25) is 4.98 Å². The molecule has 0 N–H and O–H groups in total. The first-order valence-corrected chi connectivity index (χ1v) is 20.5. The van der Waals surface area contributed by atoms with Gasteiger partial charge in [0.05, 0.1) is 34.1 Å². The second kappa shape index (κ2) is 18.3. The van der Waals surface area contributed by atoms with E-state index in [2.05, 4.69) is 140 Å². The van der Waals surface area contributed by atoms with Crippen molar-refractivity contribution >= 4 is 33.0 Å². The Labute approximate surface area is 375 Å². The molecule has 62 heavy (non-hydrogen) atoms. The molecule has 10 aromatic rings. The van der Waals surface area contributed by atoms with Crippen molar-refractivity contribution in [3.05, 3.63) is 199 Å². The zero-order valence-electron chi connectivity index (χ0n) is 34.8. The third kappa shape index (κ3) is 8.32. The van der Waals surface area contributed by atoms with E-state index in [0.717, 1.165) is 38.9 Å². The quantitative estimate of drug-likeness (QED) is 0.142. The Morgan fingerprint density at radius 1 is 0.645 bits per heavy atom. The van der Waals surface area contributed by atoms with E-state index in [-0.39, 0.29) is 31.9 Å². The van der Waals surface area contributed by atoms with Gasteiger partial charge in [-0.25, -0.2) is 4.98 Å². The monoisotopic (exact) mass is 983 g/mol. The fourth-order valence-corrected chi connectivity index (χ4v) is 7.83. The maximum absolute atomic E-state index is 9.53. The van der Waals surface area contributed by atoms with E-state index in [1.54, 1.807) is 24.4 Å². The third-order valence-electron chi connectivity index (χ3n) is 10.8. The molecule has 0 spiro atoms. The second-order valence-corrected chi connectivity index (χ2v) is 15.5. The van der Waals surface area contributed by atoms with Crippen molar-refractivity contribution in [1.29, 1.82) is 5.26 Å². The Hall–Kier alpha value is -7.10.